The van der Waals surface area contributed by atoms with Gasteiger partial charge in [-0.2, -0.15) is 0 Å². The highest BCUT2D eigenvalue weighted by Crippen LogP contribution is 2.31. The van der Waals surface area contributed by atoms with Gasteiger partial charge in [0.05, 0.1) is 6.61 Å². The minimum absolute atomic E-state index is 0.716. The third-order valence-electron chi connectivity index (χ3n) is 4.29. The Bertz CT molecular complexity index is 183. The minimum atomic E-state index is 0.716. The molecule has 0 radical (unpaired) electrons. The van der Waals surface area contributed by atoms with Crippen molar-refractivity contribution in [2.24, 2.45) is 11.8 Å². The lowest BCUT2D eigenvalue weighted by Gasteiger charge is -2.32. The van der Waals surface area contributed by atoms with Crippen LogP contribution in [0.1, 0.15) is 51.9 Å². The van der Waals surface area contributed by atoms with E-state index in [9.17, 15) is 0 Å². The van der Waals surface area contributed by atoms with E-state index < -0.39 is 0 Å². The maximum atomic E-state index is 5.63. The number of nitrogens with one attached hydrogen (secondary N) is 1. The molecule has 16 heavy (non-hydrogen) atoms. The molecule has 0 aromatic heterocycles. The third-order valence-corrected chi connectivity index (χ3v) is 4.29. The number of rotatable bonds is 5. The summed E-state index contributed by atoms with van der Waals surface area (Å²) >= 11 is 0. The van der Waals surface area contributed by atoms with E-state index in [0.29, 0.717) is 6.04 Å². The molecule has 2 aliphatic rings. The molecule has 2 fully saturated rings. The van der Waals surface area contributed by atoms with E-state index in [4.69, 9.17) is 4.74 Å². The zero-order chi connectivity index (χ0) is 11.2. The van der Waals surface area contributed by atoms with E-state index in [1.807, 2.05) is 0 Å². The van der Waals surface area contributed by atoms with Crippen LogP contribution in [0, 0.1) is 11.8 Å². The Kier molecular flexibility index (Phi) is 5.11. The fourth-order valence-corrected chi connectivity index (χ4v) is 3.39. The summed E-state index contributed by atoms with van der Waals surface area (Å²) in [7, 11) is 0. The van der Waals surface area contributed by atoms with Gasteiger partial charge in [-0.3, -0.25) is 0 Å². The van der Waals surface area contributed by atoms with Gasteiger partial charge in [-0.15, -0.1) is 0 Å². The molecular weight excluding hydrogens is 198 g/mol. The maximum Gasteiger partial charge on any atom is 0.0509 e. The second-order valence-electron chi connectivity index (χ2n) is 5.53. The maximum absolute atomic E-state index is 5.63. The van der Waals surface area contributed by atoms with Crippen LogP contribution in [0.3, 0.4) is 0 Å². The molecule has 1 saturated heterocycles. The highest BCUT2D eigenvalue weighted by atomic mass is 16.5. The summed E-state index contributed by atoms with van der Waals surface area (Å²) < 4.78 is 5.63. The lowest BCUT2D eigenvalue weighted by atomic mass is 9.86. The van der Waals surface area contributed by atoms with E-state index in [1.54, 1.807) is 0 Å². The first-order valence-corrected chi connectivity index (χ1v) is 7.21. The predicted molar refractivity (Wildman–Crippen MR) is 67.6 cm³/mol. The highest BCUT2D eigenvalue weighted by Gasteiger charge is 2.27. The molecule has 1 N–H and O–H groups in total. The van der Waals surface area contributed by atoms with E-state index >= 15 is 0 Å². The van der Waals surface area contributed by atoms with Crippen molar-refractivity contribution < 1.29 is 4.74 Å². The van der Waals surface area contributed by atoms with Crippen LogP contribution in [-0.2, 0) is 4.74 Å². The summed E-state index contributed by atoms with van der Waals surface area (Å²) in [5, 5.41) is 3.70. The largest absolute Gasteiger partial charge is 0.381 e. The molecular formula is C14H27NO. The lowest BCUT2D eigenvalue weighted by Crippen LogP contribution is -2.41. The average Bonchev–Trinajstić information content (AvgIpc) is 2.83. The van der Waals surface area contributed by atoms with Crippen LogP contribution in [0.4, 0.5) is 0 Å². The van der Waals surface area contributed by atoms with Crippen LogP contribution in [0.2, 0.25) is 0 Å². The van der Waals surface area contributed by atoms with Gasteiger partial charge in [0, 0.05) is 12.6 Å². The van der Waals surface area contributed by atoms with Crippen molar-refractivity contribution in [3.05, 3.63) is 0 Å². The fourth-order valence-electron chi connectivity index (χ4n) is 3.39. The van der Waals surface area contributed by atoms with E-state index in [-0.39, 0.29) is 0 Å². The standard InChI is InChI=1S/C14H27NO/c1-2-15-14(10-12-6-3-4-7-12)13-8-5-9-16-11-13/h12-15H,2-11H2,1H3. The normalized spacial score (nSPS) is 29.4. The summed E-state index contributed by atoms with van der Waals surface area (Å²) in [5.41, 5.74) is 0. The molecule has 1 aliphatic carbocycles. The van der Waals surface area contributed by atoms with Crippen molar-refractivity contribution in [1.29, 1.82) is 0 Å². The smallest absolute Gasteiger partial charge is 0.0509 e. The van der Waals surface area contributed by atoms with Gasteiger partial charge in [0.15, 0.2) is 0 Å². The van der Waals surface area contributed by atoms with Gasteiger partial charge in [-0.1, -0.05) is 32.6 Å². The SMILES string of the molecule is CCNC(CC1CCCC1)C1CCCOC1. The van der Waals surface area contributed by atoms with Gasteiger partial charge in [0.2, 0.25) is 0 Å². The molecule has 2 atom stereocenters. The van der Waals surface area contributed by atoms with Gasteiger partial charge < -0.3 is 10.1 Å². The molecule has 0 aromatic carbocycles. The van der Waals surface area contributed by atoms with Gasteiger partial charge in [-0.05, 0) is 37.6 Å². The Morgan fingerprint density at radius 2 is 2.00 bits per heavy atom. The van der Waals surface area contributed by atoms with Gasteiger partial charge >= 0.3 is 0 Å². The quantitative estimate of drug-likeness (QED) is 0.776. The first-order chi connectivity index (χ1) is 7.90. The second kappa shape index (κ2) is 6.61. The van der Waals surface area contributed by atoms with Crippen LogP contribution in [-0.4, -0.2) is 25.8 Å². The monoisotopic (exact) mass is 225 g/mol. The zero-order valence-corrected chi connectivity index (χ0v) is 10.7. The molecule has 2 heteroatoms. The molecule has 1 aliphatic heterocycles. The molecule has 0 spiro atoms. The molecule has 1 heterocycles. The van der Waals surface area contributed by atoms with Crippen molar-refractivity contribution in [3.63, 3.8) is 0 Å². The third kappa shape index (κ3) is 3.46. The first-order valence-electron chi connectivity index (χ1n) is 7.21. The van der Waals surface area contributed by atoms with Crippen LogP contribution >= 0.6 is 0 Å². The van der Waals surface area contributed by atoms with E-state index in [0.717, 1.165) is 31.6 Å². The summed E-state index contributed by atoms with van der Waals surface area (Å²) in [6, 6.07) is 0.716. The van der Waals surface area contributed by atoms with Crippen molar-refractivity contribution in [1.82, 2.24) is 5.32 Å². The summed E-state index contributed by atoms with van der Waals surface area (Å²) in [4.78, 5) is 0. The molecule has 2 unspecified atom stereocenters. The van der Waals surface area contributed by atoms with Crippen molar-refractivity contribution in [2.75, 3.05) is 19.8 Å². The molecule has 0 bridgehead atoms. The molecule has 2 nitrogen and oxygen atoms in total. The molecule has 2 rings (SSSR count). The molecule has 94 valence electrons. The van der Waals surface area contributed by atoms with Crippen molar-refractivity contribution in [2.45, 2.75) is 57.9 Å². The predicted octanol–water partition coefficient (Wildman–Crippen LogP) is 2.97. The summed E-state index contributed by atoms with van der Waals surface area (Å²) in [6.45, 7) is 5.31. The number of hydrogen-bond acceptors (Lipinski definition) is 2. The van der Waals surface area contributed by atoms with Gasteiger partial charge in [0.1, 0.15) is 0 Å². The number of hydrogen-bond donors (Lipinski definition) is 1. The van der Waals surface area contributed by atoms with Crippen molar-refractivity contribution >= 4 is 0 Å². The van der Waals surface area contributed by atoms with Gasteiger partial charge in [0.25, 0.3) is 0 Å². The Hall–Kier alpha value is -0.0800. The highest BCUT2D eigenvalue weighted by molar-refractivity contribution is 4.82. The van der Waals surface area contributed by atoms with E-state index in [2.05, 4.69) is 12.2 Å². The van der Waals surface area contributed by atoms with Crippen LogP contribution < -0.4 is 5.32 Å². The lowest BCUT2D eigenvalue weighted by molar-refractivity contribution is 0.0356. The Labute approximate surface area is 100 Å². The summed E-state index contributed by atoms with van der Waals surface area (Å²) in [6.07, 6.45) is 9.88. The van der Waals surface area contributed by atoms with Crippen LogP contribution in [0.5, 0.6) is 0 Å². The second-order valence-corrected chi connectivity index (χ2v) is 5.53. The number of ether oxygens (including phenoxy) is 1. The summed E-state index contributed by atoms with van der Waals surface area (Å²) in [5.74, 6) is 1.76. The Morgan fingerprint density at radius 1 is 1.19 bits per heavy atom. The van der Waals surface area contributed by atoms with E-state index in [1.165, 1.54) is 44.9 Å². The van der Waals surface area contributed by atoms with Crippen LogP contribution in [0.15, 0.2) is 0 Å². The van der Waals surface area contributed by atoms with Crippen LogP contribution in [0.25, 0.3) is 0 Å². The molecule has 0 aromatic rings. The first kappa shape index (κ1) is 12.4. The van der Waals surface area contributed by atoms with Crippen molar-refractivity contribution in [3.8, 4) is 0 Å². The topological polar surface area (TPSA) is 21.3 Å². The zero-order valence-electron chi connectivity index (χ0n) is 10.7. The fraction of sp³-hybridized carbons (Fsp3) is 1.00. The molecule has 1 saturated carbocycles. The Balaban J connectivity index is 1.82. The van der Waals surface area contributed by atoms with Gasteiger partial charge in [-0.25, -0.2) is 0 Å². The minimum Gasteiger partial charge on any atom is -0.381 e. The Morgan fingerprint density at radius 3 is 2.62 bits per heavy atom. The molecule has 0 amide bonds. The average molecular weight is 225 g/mol.